The lowest BCUT2D eigenvalue weighted by Gasteiger charge is -2.30. The molecule has 0 aliphatic carbocycles. The van der Waals surface area contributed by atoms with Gasteiger partial charge >= 0.3 is 6.09 Å². The summed E-state index contributed by atoms with van der Waals surface area (Å²) >= 11 is 0. The molecule has 0 saturated carbocycles. The number of nitrogens with zero attached hydrogens (tertiary/aromatic N) is 1. The number of nitrogens with one attached hydrogen (secondary N) is 1. The molecule has 0 bridgehead atoms. The van der Waals surface area contributed by atoms with Crippen molar-refractivity contribution < 1.29 is 32.5 Å². The van der Waals surface area contributed by atoms with E-state index < -0.39 is 20.0 Å². The molecule has 1 N–H and O–H groups in total. The Hall–Kier alpha value is -0.660. The van der Waals surface area contributed by atoms with E-state index in [2.05, 4.69) is 12.2 Å². The zero-order chi connectivity index (χ0) is 23.6. The number of ether oxygens (including phenoxy) is 1. The molecule has 186 valence electrons. The van der Waals surface area contributed by atoms with Gasteiger partial charge in [0.15, 0.2) is 0 Å². The van der Waals surface area contributed by atoms with Gasteiger partial charge in [-0.25, -0.2) is 4.79 Å². The average Bonchev–Trinajstić information content (AvgIpc) is 2.66. The summed E-state index contributed by atoms with van der Waals surface area (Å²) in [6.45, 7) is 4.92. The normalized spacial score (nSPS) is 14.8. The number of quaternary nitrogens is 1. The number of phosphoric acid groups is 1. The van der Waals surface area contributed by atoms with Gasteiger partial charge in [-0.1, -0.05) is 71.1 Å². The highest BCUT2D eigenvalue weighted by molar-refractivity contribution is 7.45. The summed E-state index contributed by atoms with van der Waals surface area (Å²) in [5, 5.41) is 2.53. The number of rotatable bonds is 20. The largest absolute Gasteiger partial charge is 0.756 e. The van der Waals surface area contributed by atoms with E-state index in [0.29, 0.717) is 24.0 Å². The molecular weight excluding hydrogens is 419 g/mol. The van der Waals surface area contributed by atoms with Crippen LogP contribution in [0.25, 0.3) is 0 Å². The summed E-state index contributed by atoms with van der Waals surface area (Å²) in [6, 6.07) is 0. The monoisotopic (exact) mass is 466 g/mol. The predicted octanol–water partition coefficient (Wildman–Crippen LogP) is 4.62. The van der Waals surface area contributed by atoms with Gasteiger partial charge in [-0.3, -0.25) is 4.57 Å². The maximum absolute atomic E-state index is 12.2. The summed E-state index contributed by atoms with van der Waals surface area (Å²) in [4.78, 5) is 23.8. The van der Waals surface area contributed by atoms with Crippen LogP contribution in [0, 0.1) is 0 Å². The van der Waals surface area contributed by atoms with E-state index in [1.165, 1.54) is 44.9 Å². The lowest BCUT2D eigenvalue weighted by molar-refractivity contribution is -0.870. The minimum absolute atomic E-state index is 0.0480. The molecule has 0 fully saturated rings. The van der Waals surface area contributed by atoms with E-state index in [9.17, 15) is 14.3 Å². The van der Waals surface area contributed by atoms with Crippen molar-refractivity contribution in [3.05, 3.63) is 0 Å². The van der Waals surface area contributed by atoms with Crippen molar-refractivity contribution in [2.24, 2.45) is 0 Å². The highest BCUT2D eigenvalue weighted by Gasteiger charge is 2.21. The highest BCUT2D eigenvalue weighted by Crippen LogP contribution is 2.40. The predicted molar refractivity (Wildman–Crippen MR) is 123 cm³/mol. The molecule has 2 unspecified atom stereocenters. The van der Waals surface area contributed by atoms with Gasteiger partial charge < -0.3 is 28.5 Å². The third kappa shape index (κ3) is 21.0. The van der Waals surface area contributed by atoms with Crippen LogP contribution >= 0.6 is 7.82 Å². The Morgan fingerprint density at radius 1 is 0.968 bits per heavy atom. The second-order valence-corrected chi connectivity index (χ2v) is 10.5. The van der Waals surface area contributed by atoms with Crippen LogP contribution in [0.15, 0.2) is 0 Å². The second-order valence-electron chi connectivity index (χ2n) is 9.12. The molecule has 9 heteroatoms. The first-order chi connectivity index (χ1) is 14.6. The van der Waals surface area contributed by atoms with Crippen molar-refractivity contribution in [1.82, 2.24) is 5.32 Å². The molecule has 8 nitrogen and oxygen atoms in total. The van der Waals surface area contributed by atoms with Crippen molar-refractivity contribution in [1.29, 1.82) is 0 Å². The van der Waals surface area contributed by atoms with Crippen molar-refractivity contribution in [2.45, 2.75) is 90.6 Å². The van der Waals surface area contributed by atoms with Gasteiger partial charge in [-0.2, -0.15) is 0 Å². The zero-order valence-corrected chi connectivity index (χ0v) is 21.4. The summed E-state index contributed by atoms with van der Waals surface area (Å²) in [6.07, 6.45) is 11.1. The molecule has 0 aliphatic heterocycles. The minimum atomic E-state index is -4.46. The summed E-state index contributed by atoms with van der Waals surface area (Å²) in [5.41, 5.74) is 0. The third-order valence-electron chi connectivity index (χ3n) is 4.89. The van der Waals surface area contributed by atoms with E-state index in [-0.39, 0.29) is 13.2 Å². The molecule has 0 spiro atoms. The van der Waals surface area contributed by atoms with Crippen LogP contribution in [0.1, 0.15) is 84.5 Å². The number of amides is 1. The lowest BCUT2D eigenvalue weighted by atomic mass is 10.0. The molecule has 0 aromatic rings. The second kappa shape index (κ2) is 17.8. The molecule has 0 radical (unpaired) electrons. The third-order valence-corrected chi connectivity index (χ3v) is 5.95. The molecule has 0 heterocycles. The van der Waals surface area contributed by atoms with Gasteiger partial charge in [0.05, 0.1) is 21.1 Å². The van der Waals surface area contributed by atoms with Crippen LogP contribution in [-0.4, -0.2) is 64.1 Å². The van der Waals surface area contributed by atoms with E-state index in [1.54, 1.807) is 6.92 Å². The van der Waals surface area contributed by atoms with Crippen LogP contribution in [0.3, 0.4) is 0 Å². The van der Waals surface area contributed by atoms with E-state index in [0.717, 1.165) is 19.3 Å². The van der Waals surface area contributed by atoms with Crippen molar-refractivity contribution in [3.63, 3.8) is 0 Å². The maximum Gasteiger partial charge on any atom is 0.407 e. The van der Waals surface area contributed by atoms with Crippen molar-refractivity contribution in [2.75, 3.05) is 47.4 Å². The van der Waals surface area contributed by atoms with Gasteiger partial charge in [0.2, 0.25) is 0 Å². The van der Waals surface area contributed by atoms with E-state index in [1.807, 2.05) is 21.1 Å². The molecule has 0 saturated heterocycles. The van der Waals surface area contributed by atoms with E-state index in [4.69, 9.17) is 13.8 Å². The SMILES string of the molecule is CCCCCCCCCCCCC(COC(=O)NCC)OP(=O)([O-])OCC[N+](C)(C)C. The molecule has 2 atom stereocenters. The summed E-state index contributed by atoms with van der Waals surface area (Å²) in [5.74, 6) is 0. The first-order valence-corrected chi connectivity index (χ1v) is 13.4. The fourth-order valence-corrected chi connectivity index (χ4v) is 3.93. The molecule has 0 aromatic heterocycles. The summed E-state index contributed by atoms with van der Waals surface area (Å²) < 4.78 is 28.1. The molecule has 0 aromatic carbocycles. The summed E-state index contributed by atoms with van der Waals surface area (Å²) in [7, 11) is 1.40. The zero-order valence-electron chi connectivity index (χ0n) is 20.5. The quantitative estimate of drug-likeness (QED) is 0.160. The Morgan fingerprint density at radius 3 is 2.03 bits per heavy atom. The molecule has 0 aliphatic rings. The number of phosphoric ester groups is 1. The molecule has 1 amide bonds. The van der Waals surface area contributed by atoms with Crippen LogP contribution in [-0.2, 0) is 18.3 Å². The topological polar surface area (TPSA) is 96.9 Å². The number of hydrogen-bond donors (Lipinski definition) is 1. The minimum Gasteiger partial charge on any atom is -0.756 e. The van der Waals surface area contributed by atoms with Crippen LogP contribution in [0.2, 0.25) is 0 Å². The number of hydrogen-bond acceptors (Lipinski definition) is 6. The first kappa shape index (κ1) is 30.3. The Morgan fingerprint density at radius 2 is 1.52 bits per heavy atom. The average molecular weight is 467 g/mol. The fourth-order valence-electron chi connectivity index (χ4n) is 3.03. The number of carbonyl (C=O) groups is 1. The van der Waals surface area contributed by atoms with Gasteiger partial charge in [0.25, 0.3) is 7.82 Å². The number of unbranched alkanes of at least 4 members (excludes halogenated alkanes) is 9. The molecular formula is C22H47N2O6P. The van der Waals surface area contributed by atoms with Gasteiger partial charge in [-0.05, 0) is 13.3 Å². The Kier molecular flexibility index (Phi) is 17.5. The van der Waals surface area contributed by atoms with Crippen LogP contribution in [0.4, 0.5) is 4.79 Å². The Bertz CT molecular complexity index is 499. The lowest BCUT2D eigenvalue weighted by Crippen LogP contribution is -2.37. The smallest absolute Gasteiger partial charge is 0.407 e. The van der Waals surface area contributed by atoms with Gasteiger partial charge in [-0.15, -0.1) is 0 Å². The standard InChI is InChI=1S/C22H47N2O6P/c1-6-8-9-10-11-12-13-14-15-16-17-21(20-28-22(25)23-7-2)30-31(26,27)29-19-18-24(3,4)5/h21H,6-20H2,1-5H3,(H-,23,25,26,27). The van der Waals surface area contributed by atoms with Gasteiger partial charge in [0, 0.05) is 6.54 Å². The van der Waals surface area contributed by atoms with E-state index >= 15 is 0 Å². The number of alkyl carbamates (subject to hydrolysis) is 1. The van der Waals surface area contributed by atoms with Gasteiger partial charge in [0.1, 0.15) is 25.9 Å². The van der Waals surface area contributed by atoms with Crippen LogP contribution in [0.5, 0.6) is 0 Å². The Balaban J connectivity index is 4.31. The van der Waals surface area contributed by atoms with Crippen molar-refractivity contribution in [3.8, 4) is 0 Å². The molecule has 31 heavy (non-hydrogen) atoms. The maximum atomic E-state index is 12.2. The Labute approximate surface area is 190 Å². The van der Waals surface area contributed by atoms with Crippen LogP contribution < -0.4 is 10.2 Å². The molecule has 0 rings (SSSR count). The number of likely N-dealkylation sites (N-methyl/N-ethyl adjacent to an activating group) is 1. The fraction of sp³-hybridized carbons (Fsp3) is 0.955. The highest BCUT2D eigenvalue weighted by atomic mass is 31.2. The first-order valence-electron chi connectivity index (χ1n) is 11.9. The van der Waals surface area contributed by atoms with Crippen molar-refractivity contribution >= 4 is 13.9 Å². The number of carbonyl (C=O) groups excluding carboxylic acids is 1.